The second-order valence-corrected chi connectivity index (χ2v) is 4.89. The molecular weight excluding hydrogens is 236 g/mol. The van der Waals surface area contributed by atoms with Crippen molar-refractivity contribution in [3.63, 3.8) is 0 Å². The monoisotopic (exact) mass is 252 g/mol. The normalized spacial score (nSPS) is 10.3. The molecule has 0 bridgehead atoms. The molecule has 96 valence electrons. The lowest BCUT2D eigenvalue weighted by Crippen LogP contribution is -2.24. The van der Waals surface area contributed by atoms with Crippen LogP contribution in [0.15, 0.2) is 29.1 Å². The van der Waals surface area contributed by atoms with Gasteiger partial charge in [0.05, 0.1) is 5.69 Å². The minimum atomic E-state index is -0.244. The van der Waals surface area contributed by atoms with Gasteiger partial charge in [0.15, 0.2) is 0 Å². The van der Waals surface area contributed by atoms with Crippen LogP contribution in [0.3, 0.4) is 0 Å². The third-order valence-electron chi connectivity index (χ3n) is 3.29. The average molecular weight is 252 g/mol. The summed E-state index contributed by atoms with van der Waals surface area (Å²) < 4.78 is 1.61. The van der Waals surface area contributed by atoms with Crippen LogP contribution in [0.1, 0.15) is 27.9 Å². The van der Waals surface area contributed by atoms with Crippen molar-refractivity contribution in [3.8, 4) is 11.8 Å². The Balaban J connectivity index is 2.84. The molecule has 0 N–H and O–H groups in total. The molecule has 0 atom stereocenters. The Kier molecular flexibility index (Phi) is 3.26. The predicted molar refractivity (Wildman–Crippen MR) is 75.7 cm³/mol. The van der Waals surface area contributed by atoms with Crippen LogP contribution in [0.5, 0.6) is 0 Å². The molecule has 1 aromatic carbocycles. The van der Waals surface area contributed by atoms with Crippen LogP contribution in [0.2, 0.25) is 0 Å². The molecule has 0 fully saturated rings. The summed E-state index contributed by atoms with van der Waals surface area (Å²) in [5.74, 6) is 0. The van der Waals surface area contributed by atoms with Crippen molar-refractivity contribution in [2.75, 3.05) is 0 Å². The summed E-state index contributed by atoms with van der Waals surface area (Å²) in [5.41, 5.74) is 4.55. The molecule has 0 saturated heterocycles. The number of pyridine rings is 1. The minimum absolute atomic E-state index is 0.213. The quantitative estimate of drug-likeness (QED) is 0.783. The van der Waals surface area contributed by atoms with E-state index >= 15 is 0 Å². The van der Waals surface area contributed by atoms with E-state index in [-0.39, 0.29) is 11.1 Å². The van der Waals surface area contributed by atoms with Crippen molar-refractivity contribution in [1.29, 1.82) is 5.26 Å². The second-order valence-electron chi connectivity index (χ2n) is 4.89. The number of benzene rings is 1. The summed E-state index contributed by atoms with van der Waals surface area (Å²) in [6, 6.07) is 9.81. The standard InChI is InChI=1S/C16H16N2O/c1-10-5-6-15(12(3)7-10)18-13(4)8-11(2)14(9-17)16(18)19/h5-8H,1-4H3. The average Bonchev–Trinajstić information content (AvgIpc) is 2.31. The summed E-state index contributed by atoms with van der Waals surface area (Å²) in [6.07, 6.45) is 0. The third-order valence-corrected chi connectivity index (χ3v) is 3.29. The Labute approximate surface area is 112 Å². The van der Waals surface area contributed by atoms with Gasteiger partial charge in [-0.3, -0.25) is 9.36 Å². The van der Waals surface area contributed by atoms with Crippen LogP contribution in [-0.4, -0.2) is 4.57 Å². The summed E-state index contributed by atoms with van der Waals surface area (Å²) >= 11 is 0. The molecule has 3 nitrogen and oxygen atoms in total. The Morgan fingerprint density at radius 3 is 2.32 bits per heavy atom. The second kappa shape index (κ2) is 4.74. The smallest absolute Gasteiger partial charge is 0.273 e. The Hall–Kier alpha value is -2.34. The van der Waals surface area contributed by atoms with E-state index < -0.39 is 0 Å². The van der Waals surface area contributed by atoms with E-state index in [4.69, 9.17) is 5.26 Å². The fourth-order valence-electron chi connectivity index (χ4n) is 2.38. The molecule has 3 heteroatoms. The number of aromatic nitrogens is 1. The first-order chi connectivity index (χ1) is 8.95. The van der Waals surface area contributed by atoms with Crippen molar-refractivity contribution in [1.82, 2.24) is 4.57 Å². The molecule has 19 heavy (non-hydrogen) atoms. The van der Waals surface area contributed by atoms with E-state index in [9.17, 15) is 4.79 Å². The highest BCUT2D eigenvalue weighted by Gasteiger charge is 2.12. The van der Waals surface area contributed by atoms with Gasteiger partial charge in [0.25, 0.3) is 5.56 Å². The fourth-order valence-corrected chi connectivity index (χ4v) is 2.38. The zero-order valence-electron chi connectivity index (χ0n) is 11.6. The summed E-state index contributed by atoms with van der Waals surface area (Å²) in [7, 11) is 0. The first-order valence-electron chi connectivity index (χ1n) is 6.16. The molecule has 0 aliphatic heterocycles. The van der Waals surface area contributed by atoms with Gasteiger partial charge < -0.3 is 0 Å². The summed E-state index contributed by atoms with van der Waals surface area (Å²) in [6.45, 7) is 7.66. The first-order valence-corrected chi connectivity index (χ1v) is 6.16. The molecule has 0 saturated carbocycles. The molecule has 1 aromatic heterocycles. The Morgan fingerprint density at radius 1 is 1.05 bits per heavy atom. The summed E-state index contributed by atoms with van der Waals surface area (Å²) in [5, 5.41) is 9.11. The highest BCUT2D eigenvalue weighted by molar-refractivity contribution is 5.47. The van der Waals surface area contributed by atoms with Crippen molar-refractivity contribution in [2.45, 2.75) is 27.7 Å². The molecule has 0 spiro atoms. The van der Waals surface area contributed by atoms with E-state index in [0.717, 1.165) is 28.1 Å². The zero-order valence-corrected chi connectivity index (χ0v) is 11.6. The number of nitriles is 1. The molecule has 0 unspecified atom stereocenters. The van der Waals surface area contributed by atoms with Crippen LogP contribution in [0, 0.1) is 39.0 Å². The van der Waals surface area contributed by atoms with Crippen molar-refractivity contribution in [2.24, 2.45) is 0 Å². The molecule has 0 radical (unpaired) electrons. The lowest BCUT2D eigenvalue weighted by Gasteiger charge is -2.14. The van der Waals surface area contributed by atoms with Crippen LogP contribution >= 0.6 is 0 Å². The summed E-state index contributed by atoms with van der Waals surface area (Å²) in [4.78, 5) is 12.4. The van der Waals surface area contributed by atoms with Gasteiger partial charge in [0.1, 0.15) is 11.6 Å². The predicted octanol–water partition coefficient (Wildman–Crippen LogP) is 2.94. The van der Waals surface area contributed by atoms with Crippen LogP contribution < -0.4 is 5.56 Å². The van der Waals surface area contributed by atoms with Gasteiger partial charge in [-0.25, -0.2) is 0 Å². The zero-order chi connectivity index (χ0) is 14.2. The maximum atomic E-state index is 12.4. The lowest BCUT2D eigenvalue weighted by molar-refractivity contribution is 0.911. The molecule has 1 heterocycles. The minimum Gasteiger partial charge on any atom is -0.280 e. The van der Waals surface area contributed by atoms with Gasteiger partial charge in [-0.2, -0.15) is 5.26 Å². The molecule has 0 aliphatic rings. The van der Waals surface area contributed by atoms with E-state index in [1.54, 1.807) is 11.5 Å². The maximum Gasteiger partial charge on any atom is 0.273 e. The van der Waals surface area contributed by atoms with Crippen molar-refractivity contribution >= 4 is 0 Å². The molecule has 0 amide bonds. The van der Waals surface area contributed by atoms with Gasteiger partial charge in [0.2, 0.25) is 0 Å². The third kappa shape index (κ3) is 2.17. The molecule has 2 rings (SSSR count). The molecule has 2 aromatic rings. The van der Waals surface area contributed by atoms with Gasteiger partial charge in [-0.05, 0) is 51.0 Å². The Bertz CT molecular complexity index is 749. The number of hydrogen-bond donors (Lipinski definition) is 0. The van der Waals surface area contributed by atoms with Crippen molar-refractivity contribution < 1.29 is 0 Å². The van der Waals surface area contributed by atoms with Crippen LogP contribution in [0.25, 0.3) is 5.69 Å². The van der Waals surface area contributed by atoms with Gasteiger partial charge >= 0.3 is 0 Å². The van der Waals surface area contributed by atoms with Crippen molar-refractivity contribution in [3.05, 3.63) is 62.6 Å². The number of hydrogen-bond acceptors (Lipinski definition) is 2. The van der Waals surface area contributed by atoms with E-state index in [1.807, 2.05) is 51.1 Å². The topological polar surface area (TPSA) is 45.8 Å². The van der Waals surface area contributed by atoms with Crippen LogP contribution in [-0.2, 0) is 0 Å². The molecule has 0 aliphatic carbocycles. The maximum absolute atomic E-state index is 12.4. The van der Waals surface area contributed by atoms with E-state index in [0.29, 0.717) is 0 Å². The first kappa shape index (κ1) is 13.1. The number of nitrogens with zero attached hydrogens (tertiary/aromatic N) is 2. The highest BCUT2D eigenvalue weighted by atomic mass is 16.1. The van der Waals surface area contributed by atoms with Gasteiger partial charge in [0, 0.05) is 5.69 Å². The molecular formula is C16H16N2O. The largest absolute Gasteiger partial charge is 0.280 e. The lowest BCUT2D eigenvalue weighted by atomic mass is 10.1. The number of rotatable bonds is 1. The SMILES string of the molecule is Cc1ccc(-n2c(C)cc(C)c(C#N)c2=O)c(C)c1. The van der Waals surface area contributed by atoms with Crippen LogP contribution in [0.4, 0.5) is 0 Å². The number of aryl methyl sites for hydroxylation is 4. The van der Waals surface area contributed by atoms with E-state index in [1.165, 1.54) is 0 Å². The van der Waals surface area contributed by atoms with Gasteiger partial charge in [-0.15, -0.1) is 0 Å². The van der Waals surface area contributed by atoms with E-state index in [2.05, 4.69) is 0 Å². The highest BCUT2D eigenvalue weighted by Crippen LogP contribution is 2.17. The van der Waals surface area contributed by atoms with Gasteiger partial charge in [-0.1, -0.05) is 17.7 Å². The Morgan fingerprint density at radius 2 is 1.74 bits per heavy atom. The fraction of sp³-hybridized carbons (Fsp3) is 0.250.